The molecule has 0 aliphatic rings. The van der Waals surface area contributed by atoms with Gasteiger partial charge >= 0.3 is 0 Å². The summed E-state index contributed by atoms with van der Waals surface area (Å²) in [5.74, 6) is 0.791. The van der Waals surface area contributed by atoms with Gasteiger partial charge in [-0.2, -0.15) is 5.10 Å². The van der Waals surface area contributed by atoms with Crippen molar-refractivity contribution >= 4 is 0 Å². The summed E-state index contributed by atoms with van der Waals surface area (Å²) in [6, 6.07) is 7.29. The number of benzene rings is 1. The van der Waals surface area contributed by atoms with E-state index < -0.39 is 0 Å². The number of aromatic nitrogens is 2. The normalized spacial score (nSPS) is 10.7. The Bertz CT molecular complexity index is 710. The van der Waals surface area contributed by atoms with Crippen molar-refractivity contribution in [2.45, 2.75) is 20.1 Å². The fraction of sp³-hybridized carbons (Fsp3) is 0.375. The highest BCUT2D eigenvalue weighted by molar-refractivity contribution is 5.62. The van der Waals surface area contributed by atoms with E-state index in [4.69, 9.17) is 9.47 Å². The molecule has 0 saturated carbocycles. The van der Waals surface area contributed by atoms with Crippen LogP contribution < -0.4 is 10.3 Å². The standard InChI is InChI=1S/C16H20N2O4/c1-11-8-12(4-5-15(11)22-3)14-9-13(10-19)16(20)18(17-14)6-7-21-2/h4-5,8-9,19H,6-7,10H2,1-3H3. The molecule has 0 fully saturated rings. The molecule has 1 N–H and O–H groups in total. The molecule has 6 heteroatoms. The Morgan fingerprint density at radius 1 is 1.27 bits per heavy atom. The van der Waals surface area contributed by atoms with Gasteiger partial charge in [0.1, 0.15) is 5.75 Å². The van der Waals surface area contributed by atoms with Gasteiger partial charge in [-0.1, -0.05) is 0 Å². The summed E-state index contributed by atoms with van der Waals surface area (Å²) in [5.41, 5.74) is 2.48. The topological polar surface area (TPSA) is 73.6 Å². The van der Waals surface area contributed by atoms with E-state index in [-0.39, 0.29) is 12.2 Å². The van der Waals surface area contributed by atoms with Gasteiger partial charge in [0.05, 0.1) is 32.6 Å². The van der Waals surface area contributed by atoms with Gasteiger partial charge in [0.25, 0.3) is 5.56 Å². The van der Waals surface area contributed by atoms with Crippen molar-refractivity contribution in [2.24, 2.45) is 0 Å². The maximum Gasteiger partial charge on any atom is 0.272 e. The number of aliphatic hydroxyl groups excluding tert-OH is 1. The van der Waals surface area contributed by atoms with Gasteiger partial charge in [-0.25, -0.2) is 4.68 Å². The van der Waals surface area contributed by atoms with Crippen LogP contribution in [-0.2, 0) is 17.9 Å². The minimum atomic E-state index is -0.323. The SMILES string of the molecule is COCCn1nc(-c2ccc(OC)c(C)c2)cc(CO)c1=O. The number of rotatable bonds is 6. The molecule has 1 heterocycles. The zero-order valence-electron chi connectivity index (χ0n) is 13.0. The molecule has 0 aliphatic carbocycles. The molecule has 0 atom stereocenters. The van der Waals surface area contributed by atoms with Crippen molar-refractivity contribution in [2.75, 3.05) is 20.8 Å². The zero-order chi connectivity index (χ0) is 16.1. The summed E-state index contributed by atoms with van der Waals surface area (Å²) < 4.78 is 11.6. The molecule has 22 heavy (non-hydrogen) atoms. The van der Waals surface area contributed by atoms with Crippen molar-refractivity contribution in [3.63, 3.8) is 0 Å². The number of methoxy groups -OCH3 is 2. The third-order valence-electron chi connectivity index (χ3n) is 3.42. The first-order valence-corrected chi connectivity index (χ1v) is 6.96. The van der Waals surface area contributed by atoms with Gasteiger partial charge in [0.15, 0.2) is 0 Å². The maximum atomic E-state index is 12.1. The van der Waals surface area contributed by atoms with E-state index in [1.807, 2.05) is 25.1 Å². The molecule has 2 aromatic rings. The van der Waals surface area contributed by atoms with E-state index in [2.05, 4.69) is 5.10 Å². The summed E-state index contributed by atoms with van der Waals surface area (Å²) in [7, 11) is 3.18. The number of aliphatic hydroxyl groups is 1. The molecular formula is C16H20N2O4. The fourth-order valence-electron chi connectivity index (χ4n) is 2.22. The maximum absolute atomic E-state index is 12.1. The Hall–Kier alpha value is -2.18. The minimum Gasteiger partial charge on any atom is -0.496 e. The second kappa shape index (κ2) is 7.20. The van der Waals surface area contributed by atoms with Crippen molar-refractivity contribution in [3.8, 4) is 17.0 Å². The average Bonchev–Trinajstić information content (AvgIpc) is 2.53. The van der Waals surface area contributed by atoms with E-state index in [1.165, 1.54) is 4.68 Å². The molecule has 1 aromatic carbocycles. The second-order valence-corrected chi connectivity index (χ2v) is 4.92. The van der Waals surface area contributed by atoms with Crippen LogP contribution in [0.1, 0.15) is 11.1 Å². The molecular weight excluding hydrogens is 284 g/mol. The number of hydrogen-bond acceptors (Lipinski definition) is 5. The van der Waals surface area contributed by atoms with Crippen LogP contribution in [0.2, 0.25) is 0 Å². The number of nitrogens with zero attached hydrogens (tertiary/aromatic N) is 2. The number of ether oxygens (including phenoxy) is 2. The quantitative estimate of drug-likeness (QED) is 0.872. The van der Waals surface area contributed by atoms with Crippen molar-refractivity contribution in [3.05, 3.63) is 45.7 Å². The predicted octanol–water partition coefficient (Wildman–Crippen LogP) is 1.37. The molecule has 1 aromatic heterocycles. The van der Waals surface area contributed by atoms with Gasteiger partial charge < -0.3 is 14.6 Å². The molecule has 0 bridgehead atoms. The lowest BCUT2D eigenvalue weighted by molar-refractivity contribution is 0.181. The van der Waals surface area contributed by atoms with E-state index in [0.29, 0.717) is 24.4 Å². The van der Waals surface area contributed by atoms with E-state index in [1.54, 1.807) is 20.3 Å². The minimum absolute atomic E-state index is 0.298. The lowest BCUT2D eigenvalue weighted by atomic mass is 10.1. The third kappa shape index (κ3) is 3.35. The smallest absolute Gasteiger partial charge is 0.272 e. The van der Waals surface area contributed by atoms with Crippen LogP contribution >= 0.6 is 0 Å². The van der Waals surface area contributed by atoms with Gasteiger partial charge in [-0.15, -0.1) is 0 Å². The molecule has 6 nitrogen and oxygen atoms in total. The average molecular weight is 304 g/mol. The van der Waals surface area contributed by atoms with Gasteiger partial charge in [0.2, 0.25) is 0 Å². The van der Waals surface area contributed by atoms with Crippen LogP contribution in [0, 0.1) is 6.92 Å². The lowest BCUT2D eigenvalue weighted by Crippen LogP contribution is -2.28. The number of aryl methyl sites for hydroxylation is 1. The summed E-state index contributed by atoms with van der Waals surface area (Å²) in [4.78, 5) is 12.1. The molecule has 0 amide bonds. The molecule has 0 radical (unpaired) electrons. The summed E-state index contributed by atoms with van der Waals surface area (Å²) in [6.45, 7) is 2.33. The second-order valence-electron chi connectivity index (χ2n) is 4.92. The predicted molar refractivity (Wildman–Crippen MR) is 83.0 cm³/mol. The highest BCUT2D eigenvalue weighted by atomic mass is 16.5. The van der Waals surface area contributed by atoms with E-state index >= 15 is 0 Å². The Morgan fingerprint density at radius 2 is 2.05 bits per heavy atom. The Balaban J connectivity index is 2.50. The fourth-order valence-corrected chi connectivity index (χ4v) is 2.22. The first-order chi connectivity index (χ1) is 10.6. The Morgan fingerprint density at radius 3 is 2.64 bits per heavy atom. The molecule has 0 aliphatic heterocycles. The highest BCUT2D eigenvalue weighted by Gasteiger charge is 2.10. The molecule has 118 valence electrons. The van der Waals surface area contributed by atoms with Crippen LogP contribution in [0.5, 0.6) is 5.75 Å². The number of hydrogen-bond donors (Lipinski definition) is 1. The Kier molecular flexibility index (Phi) is 5.30. The van der Waals surface area contributed by atoms with Gasteiger partial charge in [-0.05, 0) is 36.8 Å². The van der Waals surface area contributed by atoms with E-state index in [0.717, 1.165) is 16.9 Å². The Labute approximate surface area is 128 Å². The van der Waals surface area contributed by atoms with Crippen LogP contribution in [0.25, 0.3) is 11.3 Å². The first-order valence-electron chi connectivity index (χ1n) is 6.96. The molecule has 0 unspecified atom stereocenters. The summed E-state index contributed by atoms with van der Waals surface area (Å²) >= 11 is 0. The van der Waals surface area contributed by atoms with Crippen LogP contribution in [0.15, 0.2) is 29.1 Å². The van der Waals surface area contributed by atoms with E-state index in [9.17, 15) is 9.90 Å². The molecule has 2 rings (SSSR count). The van der Waals surface area contributed by atoms with Crippen molar-refractivity contribution in [1.29, 1.82) is 0 Å². The summed E-state index contributed by atoms with van der Waals surface area (Å²) in [6.07, 6.45) is 0. The zero-order valence-corrected chi connectivity index (χ0v) is 13.0. The monoisotopic (exact) mass is 304 g/mol. The highest BCUT2D eigenvalue weighted by Crippen LogP contribution is 2.24. The van der Waals surface area contributed by atoms with Crippen LogP contribution in [0.4, 0.5) is 0 Å². The summed E-state index contributed by atoms with van der Waals surface area (Å²) in [5, 5.41) is 13.7. The third-order valence-corrected chi connectivity index (χ3v) is 3.42. The van der Waals surface area contributed by atoms with Crippen LogP contribution in [-0.4, -0.2) is 35.7 Å². The van der Waals surface area contributed by atoms with Crippen molar-refractivity contribution in [1.82, 2.24) is 9.78 Å². The van der Waals surface area contributed by atoms with Gasteiger partial charge in [-0.3, -0.25) is 4.79 Å². The molecule has 0 saturated heterocycles. The first kappa shape index (κ1) is 16.2. The van der Waals surface area contributed by atoms with Crippen molar-refractivity contribution < 1.29 is 14.6 Å². The van der Waals surface area contributed by atoms with Gasteiger partial charge in [0, 0.05) is 18.2 Å². The largest absolute Gasteiger partial charge is 0.496 e. The van der Waals surface area contributed by atoms with Crippen LogP contribution in [0.3, 0.4) is 0 Å². The lowest BCUT2D eigenvalue weighted by Gasteiger charge is -2.11. The molecule has 0 spiro atoms.